The summed E-state index contributed by atoms with van der Waals surface area (Å²) in [7, 11) is 1.44. The number of hydrogen-bond donors (Lipinski definition) is 2. The van der Waals surface area contributed by atoms with E-state index in [0.717, 1.165) is 5.39 Å². The van der Waals surface area contributed by atoms with Crippen LogP contribution in [0, 0.1) is 0 Å². The van der Waals surface area contributed by atoms with Gasteiger partial charge in [0.1, 0.15) is 6.10 Å². The number of pyridine rings is 1. The van der Waals surface area contributed by atoms with Gasteiger partial charge in [-0.2, -0.15) is 0 Å². The van der Waals surface area contributed by atoms with Gasteiger partial charge in [0.2, 0.25) is 0 Å². The average Bonchev–Trinajstić information content (AvgIpc) is 2.44. The van der Waals surface area contributed by atoms with Crippen LogP contribution in [0.1, 0.15) is 0 Å². The first-order valence-electron chi connectivity index (χ1n) is 5.74. The van der Waals surface area contributed by atoms with Crippen LogP contribution in [0.4, 0.5) is 5.69 Å². The first kappa shape index (κ1) is 13.7. The number of amides is 1. The van der Waals surface area contributed by atoms with Crippen molar-refractivity contribution in [2.75, 3.05) is 19.0 Å². The molecule has 1 amide bonds. The zero-order chi connectivity index (χ0) is 13.8. The molecule has 0 aliphatic heterocycles. The van der Waals surface area contributed by atoms with Crippen LogP contribution in [0.5, 0.6) is 0 Å². The Hall–Kier alpha value is -1.69. The first-order valence-corrected chi connectivity index (χ1v) is 6.12. The number of nitrogens with two attached hydrogens (primary N) is 1. The number of hydrogen-bond acceptors (Lipinski definition) is 4. The molecule has 0 bridgehead atoms. The van der Waals surface area contributed by atoms with Crippen molar-refractivity contribution < 1.29 is 9.53 Å². The van der Waals surface area contributed by atoms with Crippen LogP contribution in [0.15, 0.2) is 30.5 Å². The number of nitrogens with zero attached hydrogens (tertiary/aromatic N) is 1. The lowest BCUT2D eigenvalue weighted by Crippen LogP contribution is -2.35. The number of halogens is 1. The molecule has 1 aromatic carbocycles. The summed E-state index contributed by atoms with van der Waals surface area (Å²) >= 11 is 6.09. The van der Waals surface area contributed by atoms with Crippen molar-refractivity contribution in [1.29, 1.82) is 0 Å². The van der Waals surface area contributed by atoms with E-state index in [1.54, 1.807) is 24.4 Å². The molecule has 5 nitrogen and oxygen atoms in total. The summed E-state index contributed by atoms with van der Waals surface area (Å²) in [5, 5.41) is 4.12. The zero-order valence-electron chi connectivity index (χ0n) is 10.4. The Morgan fingerprint density at radius 2 is 2.32 bits per heavy atom. The Bertz CT molecular complexity index is 599. The highest BCUT2D eigenvalue weighted by molar-refractivity contribution is 6.35. The van der Waals surface area contributed by atoms with Gasteiger partial charge >= 0.3 is 0 Å². The van der Waals surface area contributed by atoms with E-state index in [1.807, 2.05) is 6.07 Å². The Balaban J connectivity index is 2.36. The van der Waals surface area contributed by atoms with Crippen LogP contribution < -0.4 is 11.1 Å². The molecule has 0 saturated carbocycles. The summed E-state index contributed by atoms with van der Waals surface area (Å²) in [6.07, 6.45) is 0.958. The number of rotatable bonds is 4. The molecule has 6 heteroatoms. The molecule has 100 valence electrons. The van der Waals surface area contributed by atoms with Crippen molar-refractivity contribution in [3.63, 3.8) is 0 Å². The van der Waals surface area contributed by atoms with Gasteiger partial charge in [-0.3, -0.25) is 9.78 Å². The third kappa shape index (κ3) is 2.84. The van der Waals surface area contributed by atoms with Crippen molar-refractivity contribution >= 4 is 34.1 Å². The van der Waals surface area contributed by atoms with Gasteiger partial charge in [-0.15, -0.1) is 0 Å². The highest BCUT2D eigenvalue weighted by Crippen LogP contribution is 2.27. The molecule has 0 spiro atoms. The van der Waals surface area contributed by atoms with E-state index in [-0.39, 0.29) is 12.5 Å². The molecule has 0 radical (unpaired) electrons. The third-order valence-corrected chi connectivity index (χ3v) is 3.09. The minimum atomic E-state index is -0.686. The molecule has 1 atom stereocenters. The molecule has 1 aromatic heterocycles. The molecule has 19 heavy (non-hydrogen) atoms. The second-order valence-corrected chi connectivity index (χ2v) is 4.35. The zero-order valence-corrected chi connectivity index (χ0v) is 11.1. The van der Waals surface area contributed by atoms with E-state index in [0.29, 0.717) is 16.2 Å². The molecule has 1 unspecified atom stereocenters. The highest BCUT2D eigenvalue weighted by Gasteiger charge is 2.17. The summed E-state index contributed by atoms with van der Waals surface area (Å²) in [4.78, 5) is 16.2. The highest BCUT2D eigenvalue weighted by atomic mass is 35.5. The summed E-state index contributed by atoms with van der Waals surface area (Å²) in [5.74, 6) is -0.306. The number of carbonyl (C=O) groups excluding carboxylic acids is 1. The predicted octanol–water partition coefficient (Wildman–Crippen LogP) is 1.80. The maximum absolute atomic E-state index is 11.9. The van der Waals surface area contributed by atoms with Crippen LogP contribution in [0.3, 0.4) is 0 Å². The second-order valence-electron chi connectivity index (χ2n) is 3.94. The number of carbonyl (C=O) groups is 1. The summed E-state index contributed by atoms with van der Waals surface area (Å²) in [5.41, 5.74) is 6.67. The Morgan fingerprint density at radius 1 is 1.53 bits per heavy atom. The first-order chi connectivity index (χ1) is 9.17. The van der Waals surface area contributed by atoms with Gasteiger partial charge in [0.05, 0.1) is 16.2 Å². The maximum atomic E-state index is 11.9. The lowest BCUT2D eigenvalue weighted by Gasteiger charge is -2.14. The Morgan fingerprint density at radius 3 is 3.00 bits per heavy atom. The molecule has 0 saturated heterocycles. The molecule has 0 fully saturated rings. The van der Waals surface area contributed by atoms with Crippen LogP contribution in [-0.2, 0) is 9.53 Å². The fourth-order valence-corrected chi connectivity index (χ4v) is 1.98. The van der Waals surface area contributed by atoms with E-state index in [9.17, 15) is 4.79 Å². The van der Waals surface area contributed by atoms with E-state index >= 15 is 0 Å². The van der Waals surface area contributed by atoms with E-state index in [2.05, 4.69) is 10.3 Å². The standard InChI is InChI=1S/C13H14ClN3O2/c1-19-11(7-15)13(18)17-10-5-4-9(14)8-3-2-6-16-12(8)10/h2-6,11H,7,15H2,1H3,(H,17,18). The van der Waals surface area contributed by atoms with Crippen LogP contribution in [0.25, 0.3) is 10.9 Å². The van der Waals surface area contributed by atoms with Gasteiger partial charge in [-0.25, -0.2) is 0 Å². The number of methoxy groups -OCH3 is 1. The number of nitrogens with one attached hydrogen (secondary N) is 1. The topological polar surface area (TPSA) is 77.2 Å². The van der Waals surface area contributed by atoms with E-state index < -0.39 is 6.10 Å². The lowest BCUT2D eigenvalue weighted by molar-refractivity contribution is -0.125. The quantitative estimate of drug-likeness (QED) is 0.895. The number of ether oxygens (including phenoxy) is 1. The van der Waals surface area contributed by atoms with Crippen molar-refractivity contribution in [3.05, 3.63) is 35.5 Å². The van der Waals surface area contributed by atoms with Crippen LogP contribution >= 0.6 is 11.6 Å². The monoisotopic (exact) mass is 279 g/mol. The van der Waals surface area contributed by atoms with Crippen molar-refractivity contribution in [1.82, 2.24) is 4.98 Å². The largest absolute Gasteiger partial charge is 0.370 e. The second kappa shape index (κ2) is 5.97. The predicted molar refractivity (Wildman–Crippen MR) is 75.2 cm³/mol. The molecular weight excluding hydrogens is 266 g/mol. The fraction of sp³-hybridized carbons (Fsp3) is 0.231. The molecule has 0 aliphatic carbocycles. The van der Waals surface area contributed by atoms with Gasteiger partial charge in [0, 0.05) is 25.2 Å². The Labute approximate surface area is 115 Å². The number of fused-ring (bicyclic) bond motifs is 1. The van der Waals surface area contributed by atoms with Crippen molar-refractivity contribution in [2.24, 2.45) is 5.73 Å². The molecule has 3 N–H and O–H groups in total. The SMILES string of the molecule is COC(CN)C(=O)Nc1ccc(Cl)c2cccnc12. The maximum Gasteiger partial charge on any atom is 0.254 e. The van der Waals surface area contributed by atoms with Crippen molar-refractivity contribution in [3.8, 4) is 0 Å². The molecule has 2 rings (SSSR count). The van der Waals surface area contributed by atoms with Gasteiger partial charge in [-0.05, 0) is 24.3 Å². The fourth-order valence-electron chi connectivity index (χ4n) is 1.76. The molecule has 1 heterocycles. The number of anilines is 1. The summed E-state index contributed by atoms with van der Waals surface area (Å²) < 4.78 is 4.99. The smallest absolute Gasteiger partial charge is 0.254 e. The van der Waals surface area contributed by atoms with Gasteiger partial charge in [0.15, 0.2) is 0 Å². The van der Waals surface area contributed by atoms with Crippen LogP contribution in [0.2, 0.25) is 5.02 Å². The van der Waals surface area contributed by atoms with Gasteiger partial charge in [-0.1, -0.05) is 11.6 Å². The third-order valence-electron chi connectivity index (χ3n) is 2.77. The van der Waals surface area contributed by atoms with Gasteiger partial charge < -0.3 is 15.8 Å². The van der Waals surface area contributed by atoms with Crippen molar-refractivity contribution in [2.45, 2.75) is 6.10 Å². The minimum absolute atomic E-state index is 0.112. The normalized spacial score (nSPS) is 12.4. The molecule has 2 aromatic rings. The molecular formula is C13H14ClN3O2. The number of benzene rings is 1. The van der Waals surface area contributed by atoms with E-state index in [1.165, 1.54) is 7.11 Å². The lowest BCUT2D eigenvalue weighted by atomic mass is 10.2. The summed E-state index contributed by atoms with van der Waals surface area (Å²) in [6, 6.07) is 7.05. The van der Waals surface area contributed by atoms with Crippen LogP contribution in [-0.4, -0.2) is 30.6 Å². The summed E-state index contributed by atoms with van der Waals surface area (Å²) in [6.45, 7) is 0.112. The minimum Gasteiger partial charge on any atom is -0.370 e. The van der Waals surface area contributed by atoms with E-state index in [4.69, 9.17) is 22.1 Å². The number of aromatic nitrogens is 1. The Kier molecular flexibility index (Phi) is 4.31. The van der Waals surface area contributed by atoms with Gasteiger partial charge in [0.25, 0.3) is 5.91 Å². The average molecular weight is 280 g/mol. The molecule has 0 aliphatic rings.